The number of ether oxygens (including phenoxy) is 2. The molecule has 5 heteroatoms. The molecule has 1 aliphatic rings. The predicted octanol–water partition coefficient (Wildman–Crippen LogP) is 1.44. The molecule has 1 atom stereocenters. The minimum absolute atomic E-state index is 0.209. The van der Waals surface area contributed by atoms with Gasteiger partial charge in [-0.3, -0.25) is 4.79 Å². The summed E-state index contributed by atoms with van der Waals surface area (Å²) in [5, 5.41) is 0. The number of hydrogen-bond donors (Lipinski definition) is 1. The van der Waals surface area contributed by atoms with Gasteiger partial charge in [0.05, 0.1) is 14.2 Å². The molecular weight excluding hydrogens is 268 g/mol. The van der Waals surface area contributed by atoms with E-state index in [-0.39, 0.29) is 5.91 Å². The van der Waals surface area contributed by atoms with Crippen LogP contribution in [0.5, 0.6) is 11.5 Å². The molecule has 0 aromatic heterocycles. The fourth-order valence-electron chi connectivity index (χ4n) is 2.70. The van der Waals surface area contributed by atoms with Crippen LogP contribution >= 0.6 is 0 Å². The summed E-state index contributed by atoms with van der Waals surface area (Å²) in [6, 6.07) is 5.78. The van der Waals surface area contributed by atoms with Crippen molar-refractivity contribution in [2.45, 2.75) is 19.3 Å². The van der Waals surface area contributed by atoms with E-state index in [1.54, 1.807) is 14.2 Å². The minimum atomic E-state index is 0.209. The van der Waals surface area contributed by atoms with Crippen LogP contribution < -0.4 is 15.2 Å². The van der Waals surface area contributed by atoms with E-state index in [1.807, 2.05) is 23.1 Å². The molecule has 2 N–H and O–H groups in total. The van der Waals surface area contributed by atoms with Crippen molar-refractivity contribution in [1.29, 1.82) is 0 Å². The monoisotopic (exact) mass is 292 g/mol. The highest BCUT2D eigenvalue weighted by Gasteiger charge is 2.24. The lowest BCUT2D eigenvalue weighted by molar-refractivity contribution is -0.130. The topological polar surface area (TPSA) is 64.8 Å². The number of methoxy groups -OCH3 is 2. The largest absolute Gasteiger partial charge is 0.493 e. The summed E-state index contributed by atoms with van der Waals surface area (Å²) >= 11 is 0. The van der Waals surface area contributed by atoms with Crippen LogP contribution in [0.25, 0.3) is 0 Å². The number of aryl methyl sites for hydroxylation is 1. The zero-order chi connectivity index (χ0) is 15.2. The van der Waals surface area contributed by atoms with Crippen LogP contribution in [0.1, 0.15) is 18.4 Å². The van der Waals surface area contributed by atoms with Crippen molar-refractivity contribution < 1.29 is 14.3 Å². The van der Waals surface area contributed by atoms with Gasteiger partial charge in [-0.2, -0.15) is 0 Å². The first-order valence-corrected chi connectivity index (χ1v) is 7.36. The van der Waals surface area contributed by atoms with Crippen LogP contribution in [0.15, 0.2) is 18.2 Å². The summed E-state index contributed by atoms with van der Waals surface area (Å²) in [5.41, 5.74) is 6.74. The summed E-state index contributed by atoms with van der Waals surface area (Å²) in [5.74, 6) is 2.08. The van der Waals surface area contributed by atoms with Gasteiger partial charge in [0, 0.05) is 19.5 Å². The van der Waals surface area contributed by atoms with E-state index in [9.17, 15) is 4.79 Å². The Balaban J connectivity index is 1.89. The van der Waals surface area contributed by atoms with Crippen molar-refractivity contribution in [2.75, 3.05) is 33.9 Å². The first-order valence-electron chi connectivity index (χ1n) is 7.36. The SMILES string of the molecule is COc1ccc(CCC(=O)N2CCC(CN)C2)cc1OC. The van der Waals surface area contributed by atoms with E-state index in [1.165, 1.54) is 0 Å². The number of nitrogens with two attached hydrogens (primary N) is 1. The van der Waals surface area contributed by atoms with Gasteiger partial charge >= 0.3 is 0 Å². The van der Waals surface area contributed by atoms with Gasteiger partial charge in [0.15, 0.2) is 11.5 Å². The molecule has 0 radical (unpaired) electrons. The van der Waals surface area contributed by atoms with Gasteiger partial charge in [0.2, 0.25) is 5.91 Å². The zero-order valence-electron chi connectivity index (χ0n) is 12.8. The van der Waals surface area contributed by atoms with Crippen molar-refractivity contribution >= 4 is 5.91 Å². The van der Waals surface area contributed by atoms with E-state index in [2.05, 4.69) is 0 Å². The molecule has 0 saturated carbocycles. The molecule has 0 aliphatic carbocycles. The number of rotatable bonds is 6. The van der Waals surface area contributed by atoms with Crippen molar-refractivity contribution in [3.63, 3.8) is 0 Å². The Labute approximate surface area is 126 Å². The molecule has 1 saturated heterocycles. The van der Waals surface area contributed by atoms with Crippen molar-refractivity contribution in [2.24, 2.45) is 11.7 Å². The Morgan fingerprint density at radius 3 is 2.71 bits per heavy atom. The maximum Gasteiger partial charge on any atom is 0.222 e. The molecule has 5 nitrogen and oxygen atoms in total. The van der Waals surface area contributed by atoms with Gasteiger partial charge in [-0.25, -0.2) is 0 Å². The van der Waals surface area contributed by atoms with E-state index in [0.717, 1.165) is 25.1 Å². The normalized spacial score (nSPS) is 17.9. The number of carbonyl (C=O) groups is 1. The second-order valence-corrected chi connectivity index (χ2v) is 5.42. The highest BCUT2D eigenvalue weighted by Crippen LogP contribution is 2.28. The highest BCUT2D eigenvalue weighted by atomic mass is 16.5. The third kappa shape index (κ3) is 3.88. The number of nitrogens with zero attached hydrogens (tertiary/aromatic N) is 1. The number of likely N-dealkylation sites (tertiary alicyclic amines) is 1. The van der Waals surface area contributed by atoms with Crippen molar-refractivity contribution in [3.8, 4) is 11.5 Å². The van der Waals surface area contributed by atoms with Gasteiger partial charge in [0.1, 0.15) is 0 Å². The summed E-state index contributed by atoms with van der Waals surface area (Å²) in [6.07, 6.45) is 2.26. The molecule has 1 aliphatic heterocycles. The first kappa shape index (κ1) is 15.6. The van der Waals surface area contributed by atoms with Gasteiger partial charge in [-0.15, -0.1) is 0 Å². The third-order valence-corrected chi connectivity index (χ3v) is 4.05. The summed E-state index contributed by atoms with van der Waals surface area (Å²) in [6.45, 7) is 2.31. The molecule has 0 spiro atoms. The molecular formula is C16H24N2O3. The van der Waals surface area contributed by atoms with Crippen molar-refractivity contribution in [3.05, 3.63) is 23.8 Å². The Hall–Kier alpha value is -1.75. The van der Waals surface area contributed by atoms with Crippen LogP contribution in [-0.2, 0) is 11.2 Å². The van der Waals surface area contributed by atoms with E-state index in [0.29, 0.717) is 36.8 Å². The van der Waals surface area contributed by atoms with Gasteiger partial charge < -0.3 is 20.1 Å². The lowest BCUT2D eigenvalue weighted by atomic mass is 10.1. The quantitative estimate of drug-likeness (QED) is 0.862. The van der Waals surface area contributed by atoms with Crippen LogP contribution in [0.4, 0.5) is 0 Å². The average Bonchev–Trinajstić information content (AvgIpc) is 3.01. The second kappa shape index (κ2) is 7.31. The molecule has 2 rings (SSSR count). The standard InChI is InChI=1S/C16H24N2O3/c1-20-14-5-3-12(9-15(14)21-2)4-6-16(19)18-8-7-13(10-17)11-18/h3,5,9,13H,4,6-8,10-11,17H2,1-2H3. The van der Waals surface area contributed by atoms with Gasteiger partial charge in [-0.1, -0.05) is 6.07 Å². The van der Waals surface area contributed by atoms with Crippen molar-refractivity contribution in [1.82, 2.24) is 4.90 Å². The number of hydrogen-bond acceptors (Lipinski definition) is 4. The molecule has 1 amide bonds. The lowest BCUT2D eigenvalue weighted by Crippen LogP contribution is -2.30. The van der Waals surface area contributed by atoms with E-state index in [4.69, 9.17) is 15.2 Å². The first-order chi connectivity index (χ1) is 10.2. The Morgan fingerprint density at radius 2 is 2.10 bits per heavy atom. The van der Waals surface area contributed by atoms with E-state index >= 15 is 0 Å². The smallest absolute Gasteiger partial charge is 0.222 e. The molecule has 21 heavy (non-hydrogen) atoms. The Bertz CT molecular complexity index is 490. The zero-order valence-corrected chi connectivity index (χ0v) is 12.8. The van der Waals surface area contributed by atoms with Crippen LogP contribution in [0.2, 0.25) is 0 Å². The third-order valence-electron chi connectivity index (χ3n) is 4.05. The van der Waals surface area contributed by atoms with E-state index < -0.39 is 0 Å². The summed E-state index contributed by atoms with van der Waals surface area (Å²) < 4.78 is 10.5. The van der Waals surface area contributed by atoms with Gasteiger partial charge in [0.25, 0.3) is 0 Å². The van der Waals surface area contributed by atoms with Gasteiger partial charge in [-0.05, 0) is 43.0 Å². The number of benzene rings is 1. The Morgan fingerprint density at radius 1 is 1.33 bits per heavy atom. The van der Waals surface area contributed by atoms with Crippen LogP contribution in [-0.4, -0.2) is 44.7 Å². The molecule has 116 valence electrons. The Kier molecular flexibility index (Phi) is 5.44. The predicted molar refractivity (Wildman–Crippen MR) is 81.6 cm³/mol. The fourth-order valence-corrected chi connectivity index (χ4v) is 2.70. The molecule has 1 aromatic rings. The molecule has 1 heterocycles. The number of carbonyl (C=O) groups excluding carboxylic acids is 1. The molecule has 1 fully saturated rings. The minimum Gasteiger partial charge on any atom is -0.493 e. The molecule has 0 bridgehead atoms. The maximum atomic E-state index is 12.2. The number of amides is 1. The average molecular weight is 292 g/mol. The molecule has 1 unspecified atom stereocenters. The summed E-state index contributed by atoms with van der Waals surface area (Å²) in [7, 11) is 3.23. The lowest BCUT2D eigenvalue weighted by Gasteiger charge is -2.16. The maximum absolute atomic E-state index is 12.2. The molecule has 1 aromatic carbocycles. The van der Waals surface area contributed by atoms with Crippen LogP contribution in [0.3, 0.4) is 0 Å². The fraction of sp³-hybridized carbons (Fsp3) is 0.562. The second-order valence-electron chi connectivity index (χ2n) is 5.42. The van der Waals surface area contributed by atoms with Crippen LogP contribution in [0, 0.1) is 5.92 Å². The summed E-state index contributed by atoms with van der Waals surface area (Å²) in [4.78, 5) is 14.1. The highest BCUT2D eigenvalue weighted by molar-refractivity contribution is 5.76.